The fourth-order valence-corrected chi connectivity index (χ4v) is 2.33. The maximum atomic E-state index is 12.2. The first-order valence-corrected chi connectivity index (χ1v) is 6.14. The van der Waals surface area contributed by atoms with E-state index in [0.29, 0.717) is 11.3 Å². The first kappa shape index (κ1) is 11.5. The Morgan fingerprint density at radius 1 is 1.05 bits per heavy atom. The zero-order valence-corrected chi connectivity index (χ0v) is 10.6. The monoisotopic (exact) mass is 250 g/mol. The van der Waals surface area contributed by atoms with E-state index in [0.717, 1.165) is 22.0 Å². The molecule has 0 atom stereocenters. The van der Waals surface area contributed by atoms with Gasteiger partial charge in [0.2, 0.25) is 0 Å². The maximum absolute atomic E-state index is 12.2. The highest BCUT2D eigenvalue weighted by molar-refractivity contribution is 5.98. The standard InChI is InChI=1S/C16H14N2O/c1-10-7-8-12-13(9-10)18-16(19)14(15(12)17)11-5-3-2-4-6-11/h2-9H,1H3,(H3,17,18,19). The van der Waals surface area contributed by atoms with Crippen LogP contribution in [0.3, 0.4) is 0 Å². The number of nitrogen functional groups attached to an aromatic ring is 1. The lowest BCUT2D eigenvalue weighted by Gasteiger charge is -2.09. The van der Waals surface area contributed by atoms with Crippen molar-refractivity contribution in [3.8, 4) is 11.1 Å². The highest BCUT2D eigenvalue weighted by atomic mass is 16.1. The van der Waals surface area contributed by atoms with Crippen LogP contribution in [0, 0.1) is 6.92 Å². The Labute approximate surface area is 110 Å². The third-order valence-corrected chi connectivity index (χ3v) is 3.27. The summed E-state index contributed by atoms with van der Waals surface area (Å²) in [5.74, 6) is 0. The maximum Gasteiger partial charge on any atom is 0.258 e. The van der Waals surface area contributed by atoms with Crippen LogP contribution >= 0.6 is 0 Å². The average Bonchev–Trinajstić information content (AvgIpc) is 2.39. The normalized spacial score (nSPS) is 10.8. The second kappa shape index (κ2) is 4.28. The SMILES string of the molecule is Cc1ccc2c(N)c(-c3ccccc3)c(=O)[nH]c2c1. The smallest absolute Gasteiger partial charge is 0.258 e. The number of aromatic amines is 1. The molecule has 3 rings (SSSR count). The molecule has 3 aromatic rings. The molecule has 0 spiro atoms. The molecule has 19 heavy (non-hydrogen) atoms. The fraction of sp³-hybridized carbons (Fsp3) is 0.0625. The van der Waals surface area contributed by atoms with Crippen LogP contribution in [0.1, 0.15) is 5.56 Å². The Morgan fingerprint density at radius 3 is 2.53 bits per heavy atom. The summed E-state index contributed by atoms with van der Waals surface area (Å²) in [5, 5.41) is 0.879. The largest absolute Gasteiger partial charge is 0.398 e. The molecular formula is C16H14N2O. The Hall–Kier alpha value is -2.55. The number of aromatic nitrogens is 1. The van der Waals surface area contributed by atoms with Gasteiger partial charge in [-0.25, -0.2) is 0 Å². The van der Waals surface area contributed by atoms with E-state index in [-0.39, 0.29) is 5.56 Å². The summed E-state index contributed by atoms with van der Waals surface area (Å²) in [6, 6.07) is 15.4. The average molecular weight is 250 g/mol. The molecule has 0 saturated carbocycles. The second-order valence-electron chi connectivity index (χ2n) is 4.66. The minimum atomic E-state index is -0.151. The molecule has 0 amide bonds. The van der Waals surface area contributed by atoms with E-state index in [2.05, 4.69) is 4.98 Å². The summed E-state index contributed by atoms with van der Waals surface area (Å²) in [6.07, 6.45) is 0. The number of nitrogens with one attached hydrogen (secondary N) is 1. The van der Waals surface area contributed by atoms with Crippen LogP contribution < -0.4 is 11.3 Å². The molecule has 0 aliphatic carbocycles. The molecule has 2 aromatic carbocycles. The molecule has 1 heterocycles. The number of hydrogen-bond acceptors (Lipinski definition) is 2. The van der Waals surface area contributed by atoms with E-state index in [1.807, 2.05) is 55.5 Å². The second-order valence-corrected chi connectivity index (χ2v) is 4.66. The predicted molar refractivity (Wildman–Crippen MR) is 79.2 cm³/mol. The van der Waals surface area contributed by atoms with Gasteiger partial charge in [0.25, 0.3) is 5.56 Å². The number of aryl methyl sites for hydroxylation is 1. The lowest BCUT2D eigenvalue weighted by Crippen LogP contribution is -2.12. The van der Waals surface area contributed by atoms with Gasteiger partial charge in [-0.3, -0.25) is 4.79 Å². The summed E-state index contributed by atoms with van der Waals surface area (Å²) in [4.78, 5) is 15.1. The fourth-order valence-electron chi connectivity index (χ4n) is 2.33. The van der Waals surface area contributed by atoms with Crippen molar-refractivity contribution in [3.05, 3.63) is 64.4 Å². The van der Waals surface area contributed by atoms with E-state index in [4.69, 9.17) is 5.73 Å². The lowest BCUT2D eigenvalue weighted by atomic mass is 10.0. The van der Waals surface area contributed by atoms with Gasteiger partial charge in [0.05, 0.1) is 16.8 Å². The van der Waals surface area contributed by atoms with Crippen LogP contribution in [0.2, 0.25) is 0 Å². The third-order valence-electron chi connectivity index (χ3n) is 3.27. The highest BCUT2D eigenvalue weighted by Gasteiger charge is 2.11. The van der Waals surface area contributed by atoms with Crippen LogP contribution in [-0.4, -0.2) is 4.98 Å². The van der Waals surface area contributed by atoms with Gasteiger partial charge >= 0.3 is 0 Å². The first-order valence-electron chi connectivity index (χ1n) is 6.14. The van der Waals surface area contributed by atoms with Crippen molar-refractivity contribution in [2.45, 2.75) is 6.92 Å². The van der Waals surface area contributed by atoms with Crippen molar-refractivity contribution in [2.24, 2.45) is 0 Å². The zero-order chi connectivity index (χ0) is 13.4. The van der Waals surface area contributed by atoms with Gasteiger partial charge in [-0.1, -0.05) is 42.5 Å². The van der Waals surface area contributed by atoms with Crippen molar-refractivity contribution >= 4 is 16.6 Å². The van der Waals surface area contributed by atoms with Crippen LogP contribution in [0.15, 0.2) is 53.3 Å². The van der Waals surface area contributed by atoms with Gasteiger partial charge in [-0.05, 0) is 24.1 Å². The number of pyridine rings is 1. The number of nitrogens with two attached hydrogens (primary N) is 1. The molecule has 1 aromatic heterocycles. The minimum Gasteiger partial charge on any atom is -0.398 e. The predicted octanol–water partition coefficient (Wildman–Crippen LogP) is 3.09. The molecule has 3 heteroatoms. The number of benzene rings is 2. The minimum absolute atomic E-state index is 0.151. The summed E-state index contributed by atoms with van der Waals surface area (Å²) >= 11 is 0. The number of H-pyrrole nitrogens is 1. The van der Waals surface area contributed by atoms with E-state index >= 15 is 0 Å². The Morgan fingerprint density at radius 2 is 1.79 bits per heavy atom. The highest BCUT2D eigenvalue weighted by Crippen LogP contribution is 2.28. The van der Waals surface area contributed by atoms with E-state index in [1.165, 1.54) is 0 Å². The van der Waals surface area contributed by atoms with Gasteiger partial charge in [-0.15, -0.1) is 0 Å². The molecule has 94 valence electrons. The van der Waals surface area contributed by atoms with Crippen molar-refractivity contribution in [3.63, 3.8) is 0 Å². The Kier molecular flexibility index (Phi) is 2.60. The molecule has 0 bridgehead atoms. The van der Waals surface area contributed by atoms with Gasteiger partial charge in [0, 0.05) is 5.39 Å². The van der Waals surface area contributed by atoms with E-state index in [9.17, 15) is 4.79 Å². The number of anilines is 1. The topological polar surface area (TPSA) is 58.9 Å². The number of hydrogen-bond donors (Lipinski definition) is 2. The van der Waals surface area contributed by atoms with Crippen LogP contribution in [0.4, 0.5) is 5.69 Å². The van der Waals surface area contributed by atoms with Crippen molar-refractivity contribution in [1.29, 1.82) is 0 Å². The van der Waals surface area contributed by atoms with Crippen LogP contribution in [0.5, 0.6) is 0 Å². The number of fused-ring (bicyclic) bond motifs is 1. The summed E-state index contributed by atoms with van der Waals surface area (Å²) in [7, 11) is 0. The molecule has 0 aliphatic heterocycles. The lowest BCUT2D eigenvalue weighted by molar-refractivity contribution is 1.30. The summed E-state index contributed by atoms with van der Waals surface area (Å²) < 4.78 is 0. The first-order chi connectivity index (χ1) is 9.16. The third kappa shape index (κ3) is 1.89. The van der Waals surface area contributed by atoms with E-state index < -0.39 is 0 Å². The summed E-state index contributed by atoms with van der Waals surface area (Å²) in [6.45, 7) is 1.99. The molecule has 0 saturated heterocycles. The Balaban J connectivity index is 2.39. The van der Waals surface area contributed by atoms with Crippen molar-refractivity contribution in [1.82, 2.24) is 4.98 Å². The zero-order valence-electron chi connectivity index (χ0n) is 10.6. The molecule has 3 nitrogen and oxygen atoms in total. The molecule has 0 fully saturated rings. The van der Waals surface area contributed by atoms with Crippen molar-refractivity contribution in [2.75, 3.05) is 5.73 Å². The van der Waals surface area contributed by atoms with E-state index in [1.54, 1.807) is 0 Å². The number of rotatable bonds is 1. The molecule has 0 aliphatic rings. The molecule has 0 radical (unpaired) electrons. The van der Waals surface area contributed by atoms with Crippen LogP contribution in [0.25, 0.3) is 22.0 Å². The molecule has 3 N–H and O–H groups in total. The summed E-state index contributed by atoms with van der Waals surface area (Å²) in [5.41, 5.74) is 9.81. The van der Waals surface area contributed by atoms with Gasteiger partial charge in [0.15, 0.2) is 0 Å². The van der Waals surface area contributed by atoms with Crippen LogP contribution in [-0.2, 0) is 0 Å². The molecule has 0 unspecified atom stereocenters. The van der Waals surface area contributed by atoms with Gasteiger partial charge < -0.3 is 10.7 Å². The van der Waals surface area contributed by atoms with Gasteiger partial charge in [0.1, 0.15) is 0 Å². The Bertz CT molecular complexity index is 804. The molecular weight excluding hydrogens is 236 g/mol. The quantitative estimate of drug-likeness (QED) is 0.697. The van der Waals surface area contributed by atoms with Gasteiger partial charge in [-0.2, -0.15) is 0 Å². The van der Waals surface area contributed by atoms with Crippen molar-refractivity contribution < 1.29 is 0 Å².